The quantitative estimate of drug-likeness (QED) is 0.0398. The van der Waals surface area contributed by atoms with Gasteiger partial charge in [-0.15, -0.1) is 0 Å². The number of fused-ring (bicyclic) bond motifs is 5. The van der Waals surface area contributed by atoms with Crippen LogP contribution in [0.25, 0.3) is 85.2 Å². The molecule has 26 heteroatoms. The van der Waals surface area contributed by atoms with Crippen molar-refractivity contribution in [2.75, 3.05) is 26.6 Å². The Labute approximate surface area is 836 Å². The van der Waals surface area contributed by atoms with Gasteiger partial charge in [0.1, 0.15) is 0 Å². The fraction of sp³-hybridized carbons (Fsp3) is 0.195. The van der Waals surface area contributed by atoms with Gasteiger partial charge in [0.25, 0.3) is 0 Å². The molecule has 10 heterocycles. The van der Waals surface area contributed by atoms with Crippen LogP contribution in [0.2, 0.25) is 0 Å². The number of nitrogens with zero attached hydrogens (tertiary/aromatic N) is 15. The van der Waals surface area contributed by atoms with E-state index < -0.39 is 11.2 Å². The summed E-state index contributed by atoms with van der Waals surface area (Å²) in [7, 11) is 0. The number of aromatic nitrogens is 15. The summed E-state index contributed by atoms with van der Waals surface area (Å²) >= 11 is 0. The van der Waals surface area contributed by atoms with Gasteiger partial charge in [-0.05, 0) is 204 Å². The van der Waals surface area contributed by atoms with Gasteiger partial charge in [-0.3, -0.25) is 46.0 Å². The van der Waals surface area contributed by atoms with Crippen molar-refractivity contribution >= 4 is 86.9 Å². The lowest BCUT2D eigenvalue weighted by atomic mass is 9.83. The number of rotatable bonds is 23. The number of carbonyl (C=O) groups is 5. The number of amides is 5. The zero-order valence-electron chi connectivity index (χ0n) is 83.3. The van der Waals surface area contributed by atoms with Crippen LogP contribution in [-0.4, -0.2) is 101 Å². The maximum atomic E-state index is 13.4. The third kappa shape index (κ3) is 23.8. The lowest BCUT2D eigenvalue weighted by molar-refractivity contribution is -0.120. The average Bonchev–Trinajstić information content (AvgIpc) is 1.48. The highest BCUT2D eigenvalue weighted by molar-refractivity contribution is 6.01. The Morgan fingerprint density at radius 2 is 0.618 bits per heavy atom. The number of benzene rings is 10. The van der Waals surface area contributed by atoms with Crippen molar-refractivity contribution in [1.29, 1.82) is 0 Å². The van der Waals surface area contributed by atoms with Crippen LogP contribution < -0.4 is 26.6 Å². The number of anilines is 5. The molecule has 5 amide bonds. The van der Waals surface area contributed by atoms with E-state index in [1.54, 1.807) is 29.2 Å². The topological polar surface area (TPSA) is 296 Å². The molecule has 0 aliphatic heterocycles. The molecule has 10 aromatic carbocycles. The van der Waals surface area contributed by atoms with Gasteiger partial charge in [-0.2, -0.15) is 0 Å². The van der Waals surface area contributed by atoms with Gasteiger partial charge in [-0.25, -0.2) is 54.2 Å². The Morgan fingerprint density at radius 1 is 0.319 bits per heavy atom. The van der Waals surface area contributed by atoms with E-state index in [4.69, 9.17) is 0 Å². The molecule has 724 valence electrons. The molecule has 5 N–H and O–H groups in total. The van der Waals surface area contributed by atoms with E-state index in [0.29, 0.717) is 41.0 Å². The molecule has 0 fully saturated rings. The Hall–Kier alpha value is -17.4. The van der Waals surface area contributed by atoms with Gasteiger partial charge in [0, 0.05) is 143 Å². The smallest absolute Gasteiger partial charge is 0.234 e. The first-order chi connectivity index (χ1) is 69.5. The first kappa shape index (κ1) is 99.6. The number of halogens is 1. The average molecular weight is 1910 g/mol. The standard InChI is InChI=1S/C25H26N4O.C24H24N4O.C23H21FN4O.2C23H22N4O/c1-16(2)23(19-8-6-5-7-9-19)24(30)27-21-12-20(11-10-18(21)4)22-15-29-14-17(3)13-26-25(29)28-22;1-16-13-25-23-27-21(15-28(23)14-16)18-11-10-17(2)20(12-18)26-22(29)24(3,4)19-8-6-5-7-9-19;1-3-19(16-7-5-4-6-8-16)22(29)26-20-11-17(10-9-15(20)2)21-14-28-13-18(24)12-25-23(28)27-21;1-15-12-24-23-26-21(14-27(23)13-15)19-10-9-16(2)20(11-19)25-22(28)17(3)18-7-5-4-6-8-18;1-3-19(17-8-5-4-6-9-17)22(28)25-20-14-18(11-10-16(20)2)21-15-27-13-7-12-24-23(27)26-21/h5-16,23H,1-4H3,(H,27,30);5-15H,1-4H3,(H,26,29);4-14,19H,3H2,1-2H3,(H,26,29);4-14,17H,1-3H3,(H,25,28);4-15,19H,3H2,1-2H3,(H,25,28). The summed E-state index contributed by atoms with van der Waals surface area (Å²) in [5, 5.41) is 15.5. The second-order valence-electron chi connectivity index (χ2n) is 37.0. The molecule has 20 aromatic rings. The summed E-state index contributed by atoms with van der Waals surface area (Å²) in [6.45, 7) is 29.9. The second kappa shape index (κ2) is 44.8. The number of nitrogens with one attached hydrogen (secondary N) is 5. The molecule has 25 nitrogen and oxygen atoms in total. The minimum atomic E-state index is -0.645. The molecule has 0 saturated carbocycles. The number of aryl methyl sites for hydroxylation is 8. The molecule has 10 aromatic heterocycles. The first-order valence-corrected chi connectivity index (χ1v) is 48.1. The van der Waals surface area contributed by atoms with Crippen molar-refractivity contribution in [3.63, 3.8) is 0 Å². The molecule has 20 rings (SSSR count). The number of carbonyl (C=O) groups excluding carboxylic acids is 5. The van der Waals surface area contributed by atoms with Gasteiger partial charge in [-0.1, -0.05) is 240 Å². The van der Waals surface area contributed by atoms with Gasteiger partial charge < -0.3 is 26.6 Å². The predicted molar refractivity (Wildman–Crippen MR) is 570 cm³/mol. The van der Waals surface area contributed by atoms with Crippen LogP contribution in [0.1, 0.15) is 157 Å². The molecule has 0 bridgehead atoms. The molecule has 0 aliphatic carbocycles. The van der Waals surface area contributed by atoms with Crippen molar-refractivity contribution in [1.82, 2.24) is 71.8 Å². The first-order valence-electron chi connectivity index (χ1n) is 48.1. The molecule has 0 saturated heterocycles. The van der Waals surface area contributed by atoms with Crippen LogP contribution in [0.5, 0.6) is 0 Å². The van der Waals surface area contributed by atoms with Crippen LogP contribution >= 0.6 is 0 Å². The van der Waals surface area contributed by atoms with Crippen molar-refractivity contribution in [2.24, 2.45) is 5.92 Å². The monoisotopic (exact) mass is 1910 g/mol. The van der Waals surface area contributed by atoms with Gasteiger partial charge in [0.15, 0.2) is 5.82 Å². The lowest BCUT2D eigenvalue weighted by Gasteiger charge is -2.25. The van der Waals surface area contributed by atoms with Gasteiger partial charge >= 0.3 is 0 Å². The molecular weight excluding hydrogens is 1800 g/mol. The Balaban J connectivity index is 0.000000129. The summed E-state index contributed by atoms with van der Waals surface area (Å²) in [5.74, 6) is 1.85. The summed E-state index contributed by atoms with van der Waals surface area (Å²) < 4.78 is 22.6. The third-order valence-electron chi connectivity index (χ3n) is 25.5. The molecule has 4 unspecified atom stereocenters. The Morgan fingerprint density at radius 3 is 0.965 bits per heavy atom. The van der Waals surface area contributed by atoms with Crippen LogP contribution in [0, 0.1) is 67.1 Å². The summed E-state index contributed by atoms with van der Waals surface area (Å²) in [6, 6.07) is 80.9. The fourth-order valence-corrected chi connectivity index (χ4v) is 17.0. The molecule has 4 atom stereocenters. The van der Waals surface area contributed by atoms with Crippen molar-refractivity contribution < 1.29 is 28.4 Å². The van der Waals surface area contributed by atoms with E-state index in [2.05, 4.69) is 90.3 Å². The van der Waals surface area contributed by atoms with Crippen LogP contribution in [0.15, 0.2) is 342 Å². The maximum Gasteiger partial charge on any atom is 0.234 e. The molecule has 144 heavy (non-hydrogen) atoms. The fourth-order valence-electron chi connectivity index (χ4n) is 17.0. The summed E-state index contributed by atoms with van der Waals surface area (Å²) in [4.78, 5) is 109. The molecule has 0 aliphatic rings. The highest BCUT2D eigenvalue weighted by Gasteiger charge is 2.32. The van der Waals surface area contributed by atoms with E-state index >= 15 is 0 Å². The highest BCUT2D eigenvalue weighted by atomic mass is 19.1. The summed E-state index contributed by atoms with van der Waals surface area (Å²) in [6.07, 6.45) is 28.5. The van der Waals surface area contributed by atoms with Crippen molar-refractivity contribution in [3.8, 4) is 56.3 Å². The van der Waals surface area contributed by atoms with E-state index in [-0.39, 0.29) is 59.1 Å². The van der Waals surface area contributed by atoms with E-state index in [1.165, 1.54) is 6.20 Å². The van der Waals surface area contributed by atoms with Gasteiger partial charge in [0.2, 0.25) is 58.4 Å². The number of imidazole rings is 5. The molecule has 0 spiro atoms. The highest BCUT2D eigenvalue weighted by Crippen LogP contribution is 2.37. The maximum absolute atomic E-state index is 13.4. The lowest BCUT2D eigenvalue weighted by Crippen LogP contribution is -2.34. The third-order valence-corrected chi connectivity index (χ3v) is 25.5. The normalized spacial score (nSPS) is 12.0. The SMILES string of the molecule is CCC(C(=O)Nc1cc(-c2cn3cc(F)cnc3n2)ccc1C)c1ccccc1.CCC(C(=O)Nc1cc(-c2cn3cccnc3n2)ccc1C)c1ccccc1.Cc1cnc2nc(-c3ccc(C)c(NC(=O)C(C)(C)c4ccccc4)c3)cn2c1.Cc1cnc2nc(-c3ccc(C)c(NC(=O)C(C)c4ccccc4)c3)cn2c1.Cc1cnc2nc(-c3ccc(C)c(NC(=O)C(c4ccccc4)C(C)C)c3)cn2c1. The number of hydrogen-bond acceptors (Lipinski definition) is 15. The van der Waals surface area contributed by atoms with Crippen molar-refractivity contribution in [3.05, 3.63) is 420 Å². The van der Waals surface area contributed by atoms with E-state index in [0.717, 1.165) is 164 Å². The Bertz CT molecular complexity index is 7960. The van der Waals surface area contributed by atoms with Crippen molar-refractivity contribution in [2.45, 2.75) is 146 Å². The zero-order valence-corrected chi connectivity index (χ0v) is 83.3. The largest absolute Gasteiger partial charge is 0.325 e. The van der Waals surface area contributed by atoms with Crippen LogP contribution in [0.4, 0.5) is 32.8 Å². The minimum Gasteiger partial charge on any atom is -0.325 e. The second-order valence-corrected chi connectivity index (χ2v) is 37.0. The minimum absolute atomic E-state index is 0.00347. The van der Waals surface area contributed by atoms with Crippen LogP contribution in [0.3, 0.4) is 0 Å². The summed E-state index contributed by atoms with van der Waals surface area (Å²) in [5.41, 5.74) is 25.1. The Kier molecular flexibility index (Phi) is 31.0. The number of hydrogen-bond donors (Lipinski definition) is 5. The van der Waals surface area contributed by atoms with E-state index in [1.807, 2.05) is 412 Å². The zero-order chi connectivity index (χ0) is 101. The predicted octanol–water partition coefficient (Wildman–Crippen LogP) is 24.9. The van der Waals surface area contributed by atoms with E-state index in [9.17, 15) is 28.4 Å². The molecular formula is C118H115FN20O5. The molecule has 0 radical (unpaired) electrons. The van der Waals surface area contributed by atoms with Gasteiger partial charge in [0.05, 0.1) is 63.8 Å². The van der Waals surface area contributed by atoms with Crippen LogP contribution in [-0.2, 0) is 29.4 Å².